The number of aliphatic hydroxyl groups excluding tert-OH is 1. The van der Waals surface area contributed by atoms with E-state index in [4.69, 9.17) is 21.7 Å². The summed E-state index contributed by atoms with van der Waals surface area (Å²) in [6.45, 7) is 2.46. The van der Waals surface area contributed by atoms with Gasteiger partial charge >= 0.3 is 6.03 Å². The predicted octanol–water partition coefficient (Wildman–Crippen LogP) is 3.16. The number of carbonyl (C=O) groups is 1. The number of halogens is 2. The molecule has 0 atom stereocenters. The molecule has 172 valence electrons. The van der Waals surface area contributed by atoms with Crippen LogP contribution in [-0.2, 0) is 0 Å². The number of rotatable bonds is 5. The van der Waals surface area contributed by atoms with Crippen molar-refractivity contribution >= 4 is 23.4 Å². The number of amides is 2. The van der Waals surface area contributed by atoms with Crippen molar-refractivity contribution < 1.29 is 14.3 Å². The zero-order valence-corrected chi connectivity index (χ0v) is 18.9. The van der Waals surface area contributed by atoms with Gasteiger partial charge in [0.1, 0.15) is 17.3 Å². The molecule has 2 amide bonds. The maximum atomic E-state index is 13.5. The highest BCUT2D eigenvalue weighted by Gasteiger charge is 2.25. The van der Waals surface area contributed by atoms with E-state index in [-0.39, 0.29) is 18.5 Å². The molecule has 0 spiro atoms. The van der Waals surface area contributed by atoms with Crippen LogP contribution in [0.5, 0.6) is 0 Å². The van der Waals surface area contributed by atoms with E-state index in [0.717, 1.165) is 5.56 Å². The van der Waals surface area contributed by atoms with Crippen molar-refractivity contribution in [2.75, 3.05) is 51.3 Å². The highest BCUT2D eigenvalue weighted by atomic mass is 35.5. The molecule has 1 fully saturated rings. The van der Waals surface area contributed by atoms with Crippen molar-refractivity contribution in [3.8, 4) is 22.5 Å². The lowest BCUT2D eigenvalue weighted by Gasteiger charge is -2.37. The van der Waals surface area contributed by atoms with Crippen LogP contribution in [0.2, 0.25) is 5.02 Å². The highest BCUT2D eigenvalue weighted by Crippen LogP contribution is 2.34. The molecule has 10 heteroatoms. The summed E-state index contributed by atoms with van der Waals surface area (Å²) in [5.74, 6) is 0.337. The number of urea groups is 1. The summed E-state index contributed by atoms with van der Waals surface area (Å²) in [5, 5.41) is 9.50. The summed E-state index contributed by atoms with van der Waals surface area (Å²) in [7, 11) is 1.68. The lowest BCUT2D eigenvalue weighted by Crippen LogP contribution is -2.52. The van der Waals surface area contributed by atoms with Crippen LogP contribution in [0.1, 0.15) is 0 Å². The minimum Gasteiger partial charge on any atom is -0.395 e. The third-order valence-electron chi connectivity index (χ3n) is 5.54. The Hall–Kier alpha value is -3.30. The van der Waals surface area contributed by atoms with Crippen LogP contribution in [0, 0.1) is 5.82 Å². The Kier molecular flexibility index (Phi) is 7.00. The number of nitrogens with zero attached hydrogens (tertiary/aromatic N) is 6. The van der Waals surface area contributed by atoms with Crippen molar-refractivity contribution in [2.24, 2.45) is 0 Å². The number of likely N-dealkylation sites (N-methyl/N-ethyl adjacent to an activating group) is 1. The van der Waals surface area contributed by atoms with E-state index in [2.05, 4.69) is 14.9 Å². The first-order chi connectivity index (χ1) is 16.0. The van der Waals surface area contributed by atoms with Gasteiger partial charge in [-0.3, -0.25) is 9.97 Å². The maximum Gasteiger partial charge on any atom is 0.319 e. The standard InChI is InChI=1S/C23H24ClFN6O2/c1-29(12-13-32)23(33)31-10-8-30(9-11-31)20-15-27-21(16-2-4-17(25)5-3-16)22(28-20)18-6-7-26-14-19(18)24/h2-7,14-15,32H,8-13H2,1H3. The SMILES string of the molecule is CN(CCO)C(=O)N1CCN(c2cnc(-c3ccc(F)cc3)c(-c3ccncc3Cl)n2)CC1. The fourth-order valence-corrected chi connectivity index (χ4v) is 3.93. The third kappa shape index (κ3) is 5.04. The smallest absolute Gasteiger partial charge is 0.319 e. The summed E-state index contributed by atoms with van der Waals surface area (Å²) < 4.78 is 13.5. The molecule has 0 saturated carbocycles. The van der Waals surface area contributed by atoms with Crippen molar-refractivity contribution in [1.29, 1.82) is 0 Å². The van der Waals surface area contributed by atoms with Gasteiger partial charge in [-0.25, -0.2) is 14.2 Å². The van der Waals surface area contributed by atoms with Gasteiger partial charge < -0.3 is 19.8 Å². The molecule has 0 radical (unpaired) electrons. The van der Waals surface area contributed by atoms with E-state index < -0.39 is 0 Å². The molecule has 0 bridgehead atoms. The first kappa shape index (κ1) is 22.9. The van der Waals surface area contributed by atoms with Crippen LogP contribution in [0.3, 0.4) is 0 Å². The fraction of sp³-hybridized carbons (Fsp3) is 0.304. The van der Waals surface area contributed by atoms with E-state index in [1.807, 2.05) is 0 Å². The van der Waals surface area contributed by atoms with Gasteiger partial charge in [0.15, 0.2) is 0 Å². The van der Waals surface area contributed by atoms with E-state index >= 15 is 0 Å². The lowest BCUT2D eigenvalue weighted by molar-refractivity contribution is 0.148. The molecule has 2 aromatic heterocycles. The minimum atomic E-state index is -0.330. The highest BCUT2D eigenvalue weighted by molar-refractivity contribution is 6.33. The molecule has 1 saturated heterocycles. The quantitative estimate of drug-likeness (QED) is 0.616. The average molecular weight is 471 g/mol. The summed E-state index contributed by atoms with van der Waals surface area (Å²) in [6.07, 6.45) is 4.87. The number of carbonyl (C=O) groups excluding carboxylic acids is 1. The van der Waals surface area contributed by atoms with Gasteiger partial charge in [-0.05, 0) is 30.3 Å². The molecule has 1 aromatic carbocycles. The number of hydrogen-bond acceptors (Lipinski definition) is 6. The van der Waals surface area contributed by atoms with E-state index in [0.29, 0.717) is 60.5 Å². The maximum absolute atomic E-state index is 13.5. The van der Waals surface area contributed by atoms with Crippen LogP contribution in [0.15, 0.2) is 48.9 Å². The molecule has 1 aliphatic rings. The van der Waals surface area contributed by atoms with Gasteiger partial charge in [-0.1, -0.05) is 11.6 Å². The van der Waals surface area contributed by atoms with Crippen molar-refractivity contribution in [2.45, 2.75) is 0 Å². The van der Waals surface area contributed by atoms with Crippen LogP contribution in [0.25, 0.3) is 22.5 Å². The zero-order valence-electron chi connectivity index (χ0n) is 18.2. The predicted molar refractivity (Wildman–Crippen MR) is 125 cm³/mol. The Bertz CT molecular complexity index is 1120. The average Bonchev–Trinajstić information content (AvgIpc) is 2.84. The van der Waals surface area contributed by atoms with Crippen LogP contribution in [0.4, 0.5) is 15.0 Å². The first-order valence-electron chi connectivity index (χ1n) is 10.6. The third-order valence-corrected chi connectivity index (χ3v) is 5.84. The second kappa shape index (κ2) is 10.1. The van der Waals surface area contributed by atoms with Crippen molar-refractivity contribution in [1.82, 2.24) is 24.8 Å². The number of benzene rings is 1. The molecular formula is C23H24ClFN6O2. The van der Waals surface area contributed by atoms with Gasteiger partial charge in [0.2, 0.25) is 0 Å². The summed E-state index contributed by atoms with van der Waals surface area (Å²) in [4.78, 5) is 31.4. The Morgan fingerprint density at radius 2 is 1.85 bits per heavy atom. The summed E-state index contributed by atoms with van der Waals surface area (Å²) in [5.41, 5.74) is 2.57. The van der Waals surface area contributed by atoms with Crippen LogP contribution >= 0.6 is 11.6 Å². The fourth-order valence-electron chi connectivity index (χ4n) is 3.72. The van der Waals surface area contributed by atoms with E-state index in [1.54, 1.807) is 48.7 Å². The Morgan fingerprint density at radius 3 is 2.52 bits per heavy atom. The number of hydrogen-bond donors (Lipinski definition) is 1. The molecule has 0 aliphatic carbocycles. The minimum absolute atomic E-state index is 0.0709. The number of aliphatic hydroxyl groups is 1. The Morgan fingerprint density at radius 1 is 1.12 bits per heavy atom. The molecule has 0 unspecified atom stereocenters. The molecule has 33 heavy (non-hydrogen) atoms. The van der Waals surface area contributed by atoms with Gasteiger partial charge in [-0.2, -0.15) is 0 Å². The largest absolute Gasteiger partial charge is 0.395 e. The summed E-state index contributed by atoms with van der Waals surface area (Å²) >= 11 is 6.42. The topological polar surface area (TPSA) is 85.7 Å². The van der Waals surface area contributed by atoms with Gasteiger partial charge in [0.25, 0.3) is 0 Å². The molecule has 8 nitrogen and oxygen atoms in total. The van der Waals surface area contributed by atoms with Gasteiger partial charge in [-0.15, -0.1) is 0 Å². The van der Waals surface area contributed by atoms with Gasteiger partial charge in [0.05, 0.1) is 23.5 Å². The molecular weight excluding hydrogens is 447 g/mol. The zero-order chi connectivity index (χ0) is 23.4. The number of pyridine rings is 1. The molecule has 1 N–H and O–H groups in total. The second-order valence-electron chi connectivity index (χ2n) is 7.69. The van der Waals surface area contributed by atoms with Crippen LogP contribution < -0.4 is 4.90 Å². The number of anilines is 1. The van der Waals surface area contributed by atoms with Crippen molar-refractivity contribution in [3.05, 3.63) is 59.8 Å². The monoisotopic (exact) mass is 470 g/mol. The van der Waals surface area contributed by atoms with E-state index in [1.165, 1.54) is 17.0 Å². The van der Waals surface area contributed by atoms with Crippen LogP contribution in [-0.4, -0.2) is 82.3 Å². The van der Waals surface area contributed by atoms with E-state index in [9.17, 15) is 9.18 Å². The number of piperazine rings is 1. The van der Waals surface area contributed by atoms with Crippen molar-refractivity contribution in [3.63, 3.8) is 0 Å². The van der Waals surface area contributed by atoms with Gasteiger partial charge in [0, 0.05) is 63.3 Å². The molecule has 4 rings (SSSR count). The lowest BCUT2D eigenvalue weighted by atomic mass is 10.0. The molecule has 3 heterocycles. The summed E-state index contributed by atoms with van der Waals surface area (Å²) in [6, 6.07) is 7.75. The first-order valence-corrected chi connectivity index (χ1v) is 10.9. The molecule has 3 aromatic rings. The Balaban J connectivity index is 1.62. The molecule has 1 aliphatic heterocycles. The second-order valence-corrected chi connectivity index (χ2v) is 8.10. The normalized spacial score (nSPS) is 13.8. The Labute approximate surface area is 196 Å². The number of aromatic nitrogens is 3.